The van der Waals surface area contributed by atoms with Gasteiger partial charge in [-0.05, 0) is 42.7 Å². The summed E-state index contributed by atoms with van der Waals surface area (Å²) in [5.41, 5.74) is 10.1. The highest BCUT2D eigenvalue weighted by molar-refractivity contribution is 6.32. The van der Waals surface area contributed by atoms with Crippen molar-refractivity contribution in [1.82, 2.24) is 0 Å². The zero-order chi connectivity index (χ0) is 19.9. The molecular weight excluding hydrogens is 366 g/mol. The number of nitrogen functional groups attached to an aromatic ring is 1. The van der Waals surface area contributed by atoms with Crippen LogP contribution in [0.4, 0.5) is 11.5 Å². The number of hydrogen-bond donors (Lipinski definition) is 1. The van der Waals surface area contributed by atoms with Gasteiger partial charge in [0.15, 0.2) is 5.69 Å². The van der Waals surface area contributed by atoms with Gasteiger partial charge in [0.1, 0.15) is 23.3 Å². The van der Waals surface area contributed by atoms with E-state index in [0.717, 1.165) is 0 Å². The molecule has 0 fully saturated rings. The molecule has 1 aromatic carbocycles. The van der Waals surface area contributed by atoms with Gasteiger partial charge in [-0.1, -0.05) is 11.6 Å². The van der Waals surface area contributed by atoms with E-state index >= 15 is 0 Å². The number of aromatic nitrogens is 1. The fourth-order valence-electron chi connectivity index (χ4n) is 3.18. The summed E-state index contributed by atoms with van der Waals surface area (Å²) in [5.74, 6) is 0.184. The Labute approximate surface area is 159 Å². The van der Waals surface area contributed by atoms with Gasteiger partial charge in [0.25, 0.3) is 11.5 Å². The van der Waals surface area contributed by atoms with E-state index in [1.54, 1.807) is 19.9 Å². The number of rotatable bonds is 2. The molecule has 0 atom stereocenters. The van der Waals surface area contributed by atoms with Gasteiger partial charge in [-0.2, -0.15) is 10.5 Å². The number of non-ortho nitro benzene ring substituents is 1. The van der Waals surface area contributed by atoms with Crippen LogP contribution < -0.4 is 10.7 Å². The monoisotopic (exact) mass is 378 g/mol. The molecule has 1 aromatic heterocycles. The highest BCUT2D eigenvalue weighted by Crippen LogP contribution is 2.43. The Morgan fingerprint density at radius 2 is 2.00 bits per heavy atom. The number of nitrogens with two attached hydrogens (primary N) is 1. The van der Waals surface area contributed by atoms with Crippen LogP contribution in [0.5, 0.6) is 0 Å². The number of H-pyrrole nitrogens is 1. The molecule has 0 saturated carbocycles. The lowest BCUT2D eigenvalue weighted by atomic mass is 9.95. The number of nitrogens with one attached hydrogen (secondary N) is 1. The number of allylic oxidation sites excluding steroid dienone is 3. The predicted octanol–water partition coefficient (Wildman–Crippen LogP) is 3.68. The summed E-state index contributed by atoms with van der Waals surface area (Å²) in [6.07, 6.45) is 1.69. The number of benzene rings is 1. The molecule has 27 heavy (non-hydrogen) atoms. The van der Waals surface area contributed by atoms with E-state index in [0.29, 0.717) is 44.1 Å². The minimum Gasteiger partial charge on any atom is -0.286 e. The summed E-state index contributed by atoms with van der Waals surface area (Å²) in [7, 11) is 0. The van der Waals surface area contributed by atoms with E-state index in [4.69, 9.17) is 17.3 Å². The summed E-state index contributed by atoms with van der Waals surface area (Å²) in [5, 5.41) is 30.4. The molecule has 3 rings (SSSR count). The molecule has 2 aromatic rings. The number of aromatic amines is 1. The van der Waals surface area contributed by atoms with Crippen molar-refractivity contribution >= 4 is 40.3 Å². The van der Waals surface area contributed by atoms with E-state index in [9.17, 15) is 20.6 Å². The van der Waals surface area contributed by atoms with Gasteiger partial charge in [0.05, 0.1) is 4.92 Å². The van der Waals surface area contributed by atoms with E-state index in [-0.39, 0.29) is 17.1 Å². The number of nitriles is 2. The van der Waals surface area contributed by atoms with Crippen LogP contribution in [0.25, 0.3) is 17.2 Å². The molecule has 0 saturated heterocycles. The summed E-state index contributed by atoms with van der Waals surface area (Å²) >= 11 is 6.22. The standard InChI is InChI=1S/C19H12ClN5O2/c1-9-13(6-11-5-12(25(26)27)3-4-16(11)20)17-10(2)15(8-22)19(23)24-18(17)14(9)7-21/h3-6H,1-2H3,(H2,23,24)/p+1. The predicted molar refractivity (Wildman–Crippen MR) is 101 cm³/mol. The van der Waals surface area contributed by atoms with Crippen LogP contribution in [-0.2, 0) is 0 Å². The van der Waals surface area contributed by atoms with Gasteiger partial charge in [0.2, 0.25) is 0 Å². The largest absolute Gasteiger partial charge is 0.289 e. The first-order chi connectivity index (χ1) is 12.8. The number of halogens is 1. The number of nitrogens with zero attached hydrogens (tertiary/aromatic N) is 3. The summed E-state index contributed by atoms with van der Waals surface area (Å²) in [6, 6.07) is 8.36. The van der Waals surface area contributed by atoms with Crippen LogP contribution in [0.3, 0.4) is 0 Å². The number of pyridine rings is 1. The highest BCUT2D eigenvalue weighted by atomic mass is 35.5. The van der Waals surface area contributed by atoms with E-state index in [1.165, 1.54) is 18.2 Å². The minimum absolute atomic E-state index is 0.0927. The molecule has 0 amide bonds. The molecule has 1 heterocycles. The Morgan fingerprint density at radius 1 is 1.30 bits per heavy atom. The zero-order valence-corrected chi connectivity index (χ0v) is 15.2. The third-order valence-corrected chi connectivity index (χ3v) is 4.89. The summed E-state index contributed by atoms with van der Waals surface area (Å²) in [4.78, 5) is 13.5. The first-order valence-corrected chi connectivity index (χ1v) is 8.21. The molecule has 8 heteroatoms. The highest BCUT2D eigenvalue weighted by Gasteiger charge is 2.32. The first kappa shape index (κ1) is 18.1. The van der Waals surface area contributed by atoms with Gasteiger partial charge < -0.3 is 0 Å². The van der Waals surface area contributed by atoms with E-state index in [1.807, 2.05) is 0 Å². The van der Waals surface area contributed by atoms with E-state index in [2.05, 4.69) is 17.1 Å². The lowest BCUT2D eigenvalue weighted by molar-refractivity contribution is -0.384. The van der Waals surface area contributed by atoms with Crippen LogP contribution >= 0.6 is 11.6 Å². The van der Waals surface area contributed by atoms with Crippen molar-refractivity contribution in [2.45, 2.75) is 13.8 Å². The molecule has 0 bridgehead atoms. The van der Waals surface area contributed by atoms with Crippen molar-refractivity contribution in [2.75, 3.05) is 5.73 Å². The maximum atomic E-state index is 11.1. The molecule has 0 spiro atoms. The topological polar surface area (TPSA) is 131 Å². The second-order valence-corrected chi connectivity index (χ2v) is 6.44. The van der Waals surface area contributed by atoms with Gasteiger partial charge in [0, 0.05) is 28.3 Å². The van der Waals surface area contributed by atoms with Gasteiger partial charge in [-0.25, -0.2) is 4.98 Å². The molecule has 3 N–H and O–H groups in total. The zero-order valence-electron chi connectivity index (χ0n) is 14.4. The van der Waals surface area contributed by atoms with Crippen LogP contribution in [0.15, 0.2) is 23.8 Å². The van der Waals surface area contributed by atoms with Gasteiger partial charge in [-0.15, -0.1) is 0 Å². The third-order valence-electron chi connectivity index (χ3n) is 4.54. The SMILES string of the molecule is CC1=C(C#N)c2[nH+]c(N)c(C#N)c(C)c2C1=Cc1cc([N+](=O)[O-])ccc1Cl. The van der Waals surface area contributed by atoms with Crippen molar-refractivity contribution in [3.05, 3.63) is 66.9 Å². The van der Waals surface area contributed by atoms with Crippen molar-refractivity contribution in [3.8, 4) is 12.1 Å². The molecule has 0 unspecified atom stereocenters. The fourth-order valence-corrected chi connectivity index (χ4v) is 3.36. The Bertz CT molecular complexity index is 1170. The lowest BCUT2D eigenvalue weighted by Crippen LogP contribution is -2.20. The Hall–Kier alpha value is -3.68. The number of anilines is 1. The number of hydrogen-bond acceptors (Lipinski definition) is 5. The van der Waals surface area contributed by atoms with Crippen molar-refractivity contribution < 1.29 is 9.91 Å². The normalized spacial score (nSPS) is 14.0. The van der Waals surface area contributed by atoms with Crippen LogP contribution in [0, 0.1) is 39.7 Å². The number of fused-ring (bicyclic) bond motifs is 1. The molecule has 0 radical (unpaired) electrons. The molecule has 132 valence electrons. The summed E-state index contributed by atoms with van der Waals surface area (Å²) in [6.45, 7) is 3.52. The maximum Gasteiger partial charge on any atom is 0.289 e. The fraction of sp³-hybridized carbons (Fsp3) is 0.105. The van der Waals surface area contributed by atoms with Crippen LogP contribution in [0.2, 0.25) is 5.02 Å². The van der Waals surface area contributed by atoms with Crippen molar-refractivity contribution in [1.29, 1.82) is 10.5 Å². The average molecular weight is 379 g/mol. The quantitative estimate of drug-likeness (QED) is 0.629. The molecule has 1 aliphatic rings. The number of nitro benzene ring substituents is 1. The first-order valence-electron chi connectivity index (χ1n) is 7.83. The third kappa shape index (κ3) is 2.80. The van der Waals surface area contributed by atoms with E-state index < -0.39 is 4.92 Å². The minimum atomic E-state index is -0.502. The maximum absolute atomic E-state index is 11.1. The second-order valence-electron chi connectivity index (χ2n) is 6.03. The smallest absolute Gasteiger partial charge is 0.286 e. The molecular formula is C19H13ClN5O2+. The lowest BCUT2D eigenvalue weighted by Gasteiger charge is -2.09. The molecule has 7 nitrogen and oxygen atoms in total. The second kappa shape index (κ2) is 6.56. The van der Waals surface area contributed by atoms with Gasteiger partial charge in [-0.3, -0.25) is 15.8 Å². The van der Waals surface area contributed by atoms with Crippen molar-refractivity contribution in [2.24, 2.45) is 0 Å². The Balaban J connectivity index is 2.34. The van der Waals surface area contributed by atoms with Crippen LogP contribution in [0.1, 0.15) is 34.9 Å². The molecule has 0 aliphatic heterocycles. The summed E-state index contributed by atoms with van der Waals surface area (Å²) < 4.78 is 0. The Morgan fingerprint density at radius 3 is 2.59 bits per heavy atom. The molecule has 1 aliphatic carbocycles. The number of nitro groups is 1. The Kier molecular flexibility index (Phi) is 4.40. The van der Waals surface area contributed by atoms with Gasteiger partial charge >= 0.3 is 0 Å². The average Bonchev–Trinajstić information content (AvgIpc) is 2.88. The van der Waals surface area contributed by atoms with Crippen LogP contribution in [-0.4, -0.2) is 4.92 Å². The van der Waals surface area contributed by atoms with Crippen molar-refractivity contribution in [3.63, 3.8) is 0 Å².